The van der Waals surface area contributed by atoms with E-state index in [1.54, 1.807) is 0 Å². The Bertz CT molecular complexity index is 473. The minimum Gasteiger partial charge on any atom is -0.394 e. The molecule has 0 spiro atoms. The molecule has 0 atom stereocenters. The van der Waals surface area contributed by atoms with Crippen LogP contribution >= 0.6 is 0 Å². The lowest BCUT2D eigenvalue weighted by Gasteiger charge is -2.29. The molecule has 0 bridgehead atoms. The summed E-state index contributed by atoms with van der Waals surface area (Å²) in [6, 6.07) is 12.8. The maximum absolute atomic E-state index is 6.39. The zero-order valence-corrected chi connectivity index (χ0v) is 21.4. The Labute approximate surface area is 189 Å². The number of unbranched alkanes of at least 4 members (excludes halogenated alkanes) is 11. The SMILES string of the molecule is CCCCCCCCCCCCCCO[Si](CC)(CC)OCCCc1ccccc1. The van der Waals surface area contributed by atoms with Crippen LogP contribution in [0.1, 0.15) is 110 Å². The summed E-state index contributed by atoms with van der Waals surface area (Å²) in [5, 5.41) is 0. The van der Waals surface area contributed by atoms with Crippen molar-refractivity contribution in [1.82, 2.24) is 0 Å². The molecule has 0 saturated heterocycles. The van der Waals surface area contributed by atoms with Crippen LogP contribution in [0.4, 0.5) is 0 Å². The third-order valence-corrected chi connectivity index (χ3v) is 9.87. The van der Waals surface area contributed by atoms with Crippen LogP contribution in [0.5, 0.6) is 0 Å². The molecule has 0 saturated carbocycles. The number of hydrogen-bond acceptors (Lipinski definition) is 2. The molecule has 0 N–H and O–H groups in total. The third-order valence-electron chi connectivity index (χ3n) is 6.26. The predicted octanol–water partition coefficient (Wildman–Crippen LogP) is 8.84. The average molecular weight is 435 g/mol. The highest BCUT2D eigenvalue weighted by Crippen LogP contribution is 2.20. The molecule has 0 aliphatic rings. The number of rotatable bonds is 21. The molecule has 0 aromatic heterocycles. The Hall–Kier alpha value is -0.643. The monoisotopic (exact) mass is 434 g/mol. The maximum Gasteiger partial charge on any atom is 0.337 e. The van der Waals surface area contributed by atoms with E-state index in [-0.39, 0.29) is 0 Å². The van der Waals surface area contributed by atoms with Gasteiger partial charge in [-0.1, -0.05) is 122 Å². The number of hydrogen-bond donors (Lipinski definition) is 0. The second-order valence-electron chi connectivity index (χ2n) is 8.79. The highest BCUT2D eigenvalue weighted by Gasteiger charge is 2.33. The fourth-order valence-corrected chi connectivity index (χ4v) is 6.51. The summed E-state index contributed by atoms with van der Waals surface area (Å²) in [5.41, 5.74) is 1.40. The lowest BCUT2D eigenvalue weighted by Crippen LogP contribution is -2.41. The molecule has 1 aromatic carbocycles. The molecule has 2 nitrogen and oxygen atoms in total. The molecule has 0 fully saturated rings. The molecular formula is C27H50O2Si. The quantitative estimate of drug-likeness (QED) is 0.142. The molecule has 1 aromatic rings. The first-order chi connectivity index (χ1) is 14.8. The second-order valence-corrected chi connectivity index (χ2v) is 12.6. The molecule has 174 valence electrons. The van der Waals surface area contributed by atoms with Crippen LogP contribution in [0.2, 0.25) is 12.1 Å². The standard InChI is InChI=1S/C27H50O2Si/c1-4-7-8-9-10-11-12-13-14-15-16-20-25-28-30(5-2,6-3)29-26-21-24-27-22-18-17-19-23-27/h17-19,22-23H,4-16,20-21,24-26H2,1-3H3. The molecule has 1 rings (SSSR count). The van der Waals surface area contributed by atoms with Crippen LogP contribution in [0.15, 0.2) is 30.3 Å². The third kappa shape index (κ3) is 13.6. The van der Waals surface area contributed by atoms with Crippen LogP contribution in [-0.4, -0.2) is 21.8 Å². The van der Waals surface area contributed by atoms with Gasteiger partial charge in [-0.15, -0.1) is 0 Å². The molecule has 30 heavy (non-hydrogen) atoms. The largest absolute Gasteiger partial charge is 0.394 e. The van der Waals surface area contributed by atoms with E-state index in [1.807, 2.05) is 0 Å². The molecule has 0 amide bonds. The summed E-state index contributed by atoms with van der Waals surface area (Å²) < 4.78 is 12.8. The van der Waals surface area contributed by atoms with Gasteiger partial charge in [-0.25, -0.2) is 0 Å². The zero-order valence-electron chi connectivity index (χ0n) is 20.4. The van der Waals surface area contributed by atoms with E-state index in [0.29, 0.717) is 0 Å². The average Bonchev–Trinajstić information content (AvgIpc) is 2.79. The summed E-state index contributed by atoms with van der Waals surface area (Å²) in [6.07, 6.45) is 18.8. The van der Waals surface area contributed by atoms with Gasteiger partial charge in [0, 0.05) is 13.2 Å². The van der Waals surface area contributed by atoms with Gasteiger partial charge in [0.15, 0.2) is 0 Å². The van der Waals surface area contributed by atoms with Gasteiger partial charge < -0.3 is 8.85 Å². The van der Waals surface area contributed by atoms with Crippen molar-refractivity contribution in [2.75, 3.05) is 13.2 Å². The fourth-order valence-electron chi connectivity index (χ4n) is 4.08. The number of benzene rings is 1. The topological polar surface area (TPSA) is 18.5 Å². The first-order valence-corrected chi connectivity index (χ1v) is 15.3. The van der Waals surface area contributed by atoms with Crippen molar-refractivity contribution in [3.8, 4) is 0 Å². The minimum absolute atomic E-state index is 0.835. The van der Waals surface area contributed by atoms with Crippen LogP contribution in [0.3, 0.4) is 0 Å². The van der Waals surface area contributed by atoms with Crippen LogP contribution in [-0.2, 0) is 15.3 Å². The van der Waals surface area contributed by atoms with E-state index in [9.17, 15) is 0 Å². The van der Waals surface area contributed by atoms with Crippen molar-refractivity contribution < 1.29 is 8.85 Å². The van der Waals surface area contributed by atoms with Crippen molar-refractivity contribution >= 4 is 8.56 Å². The lowest BCUT2D eigenvalue weighted by atomic mass is 10.1. The molecule has 3 heteroatoms. The van der Waals surface area contributed by atoms with Gasteiger partial charge in [-0.3, -0.25) is 0 Å². The first-order valence-electron chi connectivity index (χ1n) is 13.1. The van der Waals surface area contributed by atoms with E-state index < -0.39 is 8.56 Å². The van der Waals surface area contributed by atoms with E-state index in [2.05, 4.69) is 51.1 Å². The van der Waals surface area contributed by atoms with Crippen molar-refractivity contribution in [3.05, 3.63) is 35.9 Å². The highest BCUT2D eigenvalue weighted by molar-refractivity contribution is 6.67. The lowest BCUT2D eigenvalue weighted by molar-refractivity contribution is 0.164. The van der Waals surface area contributed by atoms with Gasteiger partial charge >= 0.3 is 8.56 Å². The Balaban J connectivity index is 2.02. The summed E-state index contributed by atoms with van der Waals surface area (Å²) in [7, 11) is -1.98. The molecule has 0 radical (unpaired) electrons. The Morgan fingerprint density at radius 3 is 1.53 bits per heavy atom. The molecule has 0 heterocycles. The van der Waals surface area contributed by atoms with Crippen molar-refractivity contribution in [2.24, 2.45) is 0 Å². The fraction of sp³-hybridized carbons (Fsp3) is 0.778. The first kappa shape index (κ1) is 27.4. The van der Waals surface area contributed by atoms with Crippen molar-refractivity contribution in [2.45, 2.75) is 123 Å². The molecule has 0 unspecified atom stereocenters. The molecule has 0 aliphatic heterocycles. The van der Waals surface area contributed by atoms with E-state index in [4.69, 9.17) is 8.85 Å². The summed E-state index contributed by atoms with van der Waals surface area (Å²) in [4.78, 5) is 0. The summed E-state index contributed by atoms with van der Waals surface area (Å²) in [5.74, 6) is 0. The predicted molar refractivity (Wildman–Crippen MR) is 134 cm³/mol. The second kappa shape index (κ2) is 19.1. The van der Waals surface area contributed by atoms with Gasteiger partial charge in [-0.2, -0.15) is 0 Å². The van der Waals surface area contributed by atoms with Gasteiger partial charge in [0.05, 0.1) is 0 Å². The Morgan fingerprint density at radius 1 is 0.567 bits per heavy atom. The highest BCUT2D eigenvalue weighted by atomic mass is 28.4. The Kier molecular flexibility index (Phi) is 17.4. The van der Waals surface area contributed by atoms with E-state index in [1.165, 1.54) is 82.6 Å². The summed E-state index contributed by atoms with van der Waals surface area (Å²) >= 11 is 0. The molecule has 0 aliphatic carbocycles. The van der Waals surface area contributed by atoms with Gasteiger partial charge in [0.1, 0.15) is 0 Å². The van der Waals surface area contributed by atoms with E-state index in [0.717, 1.165) is 38.1 Å². The molecular weight excluding hydrogens is 384 g/mol. The van der Waals surface area contributed by atoms with Crippen molar-refractivity contribution in [3.63, 3.8) is 0 Å². The normalized spacial score (nSPS) is 11.8. The van der Waals surface area contributed by atoms with Gasteiger partial charge in [0.25, 0.3) is 0 Å². The van der Waals surface area contributed by atoms with Crippen molar-refractivity contribution in [1.29, 1.82) is 0 Å². The Morgan fingerprint density at radius 2 is 1.03 bits per heavy atom. The smallest absolute Gasteiger partial charge is 0.337 e. The van der Waals surface area contributed by atoms with Crippen LogP contribution in [0.25, 0.3) is 0 Å². The van der Waals surface area contributed by atoms with Crippen LogP contribution < -0.4 is 0 Å². The van der Waals surface area contributed by atoms with Crippen LogP contribution in [0, 0.1) is 0 Å². The maximum atomic E-state index is 6.39. The van der Waals surface area contributed by atoms with Gasteiger partial charge in [0.2, 0.25) is 0 Å². The number of aryl methyl sites for hydroxylation is 1. The van der Waals surface area contributed by atoms with E-state index >= 15 is 0 Å². The van der Waals surface area contributed by atoms with Gasteiger partial charge in [-0.05, 0) is 36.9 Å². The summed E-state index contributed by atoms with van der Waals surface area (Å²) in [6.45, 7) is 8.51. The minimum atomic E-state index is -1.98. The zero-order chi connectivity index (χ0) is 21.8.